The molecular weight excluding hydrogens is 214 g/mol. The van der Waals surface area contributed by atoms with E-state index in [0.29, 0.717) is 0 Å². The van der Waals surface area contributed by atoms with Gasteiger partial charge in [-0.2, -0.15) is 12.6 Å². The Morgan fingerprint density at radius 2 is 1.81 bits per heavy atom. The maximum Gasteiger partial charge on any atom is 0.0211 e. The Morgan fingerprint density at radius 1 is 1.00 bits per heavy atom. The smallest absolute Gasteiger partial charge is 0.0211 e. The van der Waals surface area contributed by atoms with Gasteiger partial charge in [0, 0.05) is 6.54 Å². The van der Waals surface area contributed by atoms with Crippen molar-refractivity contribution >= 4 is 23.4 Å². The van der Waals surface area contributed by atoms with Gasteiger partial charge in [0.25, 0.3) is 0 Å². The number of nitrogens with one attached hydrogen (secondary N) is 1. The van der Waals surface area contributed by atoms with Gasteiger partial charge in [-0.25, -0.2) is 0 Å². The summed E-state index contributed by atoms with van der Waals surface area (Å²) < 4.78 is 0. The summed E-state index contributed by atoms with van der Waals surface area (Å²) in [5.41, 5.74) is 1.37. The van der Waals surface area contributed by atoms with Crippen LogP contribution >= 0.6 is 12.6 Å². The van der Waals surface area contributed by atoms with Crippen molar-refractivity contribution in [3.8, 4) is 0 Å². The van der Waals surface area contributed by atoms with Crippen molar-refractivity contribution in [2.75, 3.05) is 12.3 Å². The van der Waals surface area contributed by atoms with E-state index in [1.807, 2.05) is 0 Å². The first kappa shape index (κ1) is 11.5. The lowest BCUT2D eigenvalue weighted by Crippen LogP contribution is -2.15. The van der Waals surface area contributed by atoms with E-state index >= 15 is 0 Å². The third-order valence-electron chi connectivity index (χ3n) is 2.71. The summed E-state index contributed by atoms with van der Waals surface area (Å²) in [6.07, 6.45) is 1.12. The molecule has 0 spiro atoms. The van der Waals surface area contributed by atoms with Gasteiger partial charge in [0.15, 0.2) is 0 Å². The first-order valence-electron chi connectivity index (χ1n) is 5.70. The lowest BCUT2D eigenvalue weighted by atomic mass is 10.0. The van der Waals surface area contributed by atoms with Crippen LogP contribution in [0.4, 0.5) is 0 Å². The Hall–Kier alpha value is -0.990. The molecule has 0 aliphatic carbocycles. The highest BCUT2D eigenvalue weighted by molar-refractivity contribution is 7.80. The molecule has 0 fully saturated rings. The van der Waals surface area contributed by atoms with E-state index in [-0.39, 0.29) is 0 Å². The predicted molar refractivity (Wildman–Crippen MR) is 74.1 cm³/mol. The summed E-state index contributed by atoms with van der Waals surface area (Å²) in [6, 6.07) is 15.0. The van der Waals surface area contributed by atoms with Crippen LogP contribution in [0.1, 0.15) is 12.0 Å². The Kier molecular flexibility index (Phi) is 4.25. The van der Waals surface area contributed by atoms with E-state index in [1.54, 1.807) is 0 Å². The summed E-state index contributed by atoms with van der Waals surface area (Å²) in [6.45, 7) is 1.97. The first-order chi connectivity index (χ1) is 7.92. The van der Waals surface area contributed by atoms with Crippen LogP contribution in [0.5, 0.6) is 0 Å². The molecule has 2 rings (SSSR count). The molecule has 2 aromatic carbocycles. The van der Waals surface area contributed by atoms with E-state index in [2.05, 4.69) is 60.4 Å². The van der Waals surface area contributed by atoms with Gasteiger partial charge in [0.1, 0.15) is 0 Å². The Balaban J connectivity index is 2.11. The second-order valence-corrected chi connectivity index (χ2v) is 4.34. The van der Waals surface area contributed by atoms with Gasteiger partial charge >= 0.3 is 0 Å². The van der Waals surface area contributed by atoms with Crippen LogP contribution in [0, 0.1) is 0 Å². The molecule has 0 bridgehead atoms. The van der Waals surface area contributed by atoms with E-state index in [4.69, 9.17) is 0 Å². The number of benzene rings is 2. The van der Waals surface area contributed by atoms with Crippen molar-refractivity contribution < 1.29 is 0 Å². The predicted octanol–water partition coefficient (Wildman–Crippen LogP) is 3.25. The van der Waals surface area contributed by atoms with Crippen molar-refractivity contribution in [2.45, 2.75) is 13.0 Å². The minimum absolute atomic E-state index is 0.940. The summed E-state index contributed by atoms with van der Waals surface area (Å²) >= 11 is 4.20. The highest BCUT2D eigenvalue weighted by Gasteiger charge is 1.98. The SMILES string of the molecule is SCCCNCc1cccc2ccccc12. The molecule has 0 heterocycles. The number of hydrogen-bond acceptors (Lipinski definition) is 2. The van der Waals surface area contributed by atoms with Crippen molar-refractivity contribution in [2.24, 2.45) is 0 Å². The quantitative estimate of drug-likeness (QED) is 0.594. The number of hydrogen-bond donors (Lipinski definition) is 2. The molecule has 0 amide bonds. The van der Waals surface area contributed by atoms with Gasteiger partial charge < -0.3 is 5.32 Å². The fourth-order valence-electron chi connectivity index (χ4n) is 1.87. The van der Waals surface area contributed by atoms with Crippen LogP contribution < -0.4 is 5.32 Å². The standard InChI is InChI=1S/C14H17NS/c16-10-4-9-15-11-13-7-3-6-12-5-1-2-8-14(12)13/h1-3,5-8,15-16H,4,9-11H2. The minimum Gasteiger partial charge on any atom is -0.313 e. The molecule has 2 aromatic rings. The molecule has 84 valence electrons. The molecule has 16 heavy (non-hydrogen) atoms. The molecule has 1 N–H and O–H groups in total. The zero-order valence-corrected chi connectivity index (χ0v) is 10.2. The molecule has 0 radical (unpaired) electrons. The zero-order valence-electron chi connectivity index (χ0n) is 9.32. The third kappa shape index (κ3) is 2.77. The molecule has 0 aromatic heterocycles. The van der Waals surface area contributed by atoms with E-state index in [1.165, 1.54) is 16.3 Å². The van der Waals surface area contributed by atoms with Crippen molar-refractivity contribution in [1.29, 1.82) is 0 Å². The summed E-state index contributed by atoms with van der Waals surface area (Å²) in [7, 11) is 0. The summed E-state index contributed by atoms with van der Waals surface area (Å²) in [4.78, 5) is 0. The third-order valence-corrected chi connectivity index (χ3v) is 3.02. The summed E-state index contributed by atoms with van der Waals surface area (Å²) in [5, 5.41) is 6.11. The molecule has 0 unspecified atom stereocenters. The Bertz CT molecular complexity index is 448. The largest absolute Gasteiger partial charge is 0.313 e. The van der Waals surface area contributed by atoms with Crippen LogP contribution in [-0.2, 0) is 6.54 Å². The second-order valence-electron chi connectivity index (χ2n) is 3.89. The van der Waals surface area contributed by atoms with Gasteiger partial charge in [-0.1, -0.05) is 42.5 Å². The zero-order chi connectivity index (χ0) is 11.2. The van der Waals surface area contributed by atoms with Gasteiger partial charge in [0.2, 0.25) is 0 Å². The van der Waals surface area contributed by atoms with Gasteiger partial charge in [-0.3, -0.25) is 0 Å². The van der Waals surface area contributed by atoms with E-state index in [9.17, 15) is 0 Å². The Morgan fingerprint density at radius 3 is 2.69 bits per heavy atom. The average molecular weight is 231 g/mol. The van der Waals surface area contributed by atoms with Crippen molar-refractivity contribution in [3.63, 3.8) is 0 Å². The molecule has 2 heteroatoms. The van der Waals surface area contributed by atoms with E-state index in [0.717, 1.165) is 25.3 Å². The molecule has 0 saturated heterocycles. The van der Waals surface area contributed by atoms with Crippen LogP contribution in [0.25, 0.3) is 10.8 Å². The lowest BCUT2D eigenvalue weighted by molar-refractivity contribution is 0.682. The van der Waals surface area contributed by atoms with Crippen LogP contribution in [0.2, 0.25) is 0 Å². The molecule has 1 nitrogen and oxygen atoms in total. The van der Waals surface area contributed by atoms with Crippen molar-refractivity contribution in [1.82, 2.24) is 5.32 Å². The number of fused-ring (bicyclic) bond motifs is 1. The first-order valence-corrected chi connectivity index (χ1v) is 6.33. The van der Waals surface area contributed by atoms with Crippen LogP contribution in [0.15, 0.2) is 42.5 Å². The molecule has 0 saturated carbocycles. The number of rotatable bonds is 5. The van der Waals surface area contributed by atoms with Crippen LogP contribution in [-0.4, -0.2) is 12.3 Å². The summed E-state index contributed by atoms with van der Waals surface area (Å²) in [5.74, 6) is 0.947. The fourth-order valence-corrected chi connectivity index (χ4v) is 2.03. The topological polar surface area (TPSA) is 12.0 Å². The highest BCUT2D eigenvalue weighted by Crippen LogP contribution is 2.17. The second kappa shape index (κ2) is 5.92. The monoisotopic (exact) mass is 231 g/mol. The minimum atomic E-state index is 0.940. The maximum absolute atomic E-state index is 4.20. The number of thiol groups is 1. The molecule has 0 aliphatic rings. The lowest BCUT2D eigenvalue weighted by Gasteiger charge is -2.07. The maximum atomic E-state index is 4.20. The molecular formula is C14H17NS. The fraction of sp³-hybridized carbons (Fsp3) is 0.286. The van der Waals surface area contributed by atoms with Crippen LogP contribution in [0.3, 0.4) is 0 Å². The Labute approximate surface area is 102 Å². The molecule has 0 atom stereocenters. The normalized spacial score (nSPS) is 10.8. The van der Waals surface area contributed by atoms with Gasteiger partial charge in [-0.05, 0) is 35.1 Å². The van der Waals surface area contributed by atoms with Gasteiger partial charge in [-0.15, -0.1) is 0 Å². The van der Waals surface area contributed by atoms with E-state index < -0.39 is 0 Å². The highest BCUT2D eigenvalue weighted by atomic mass is 32.1. The van der Waals surface area contributed by atoms with Crippen molar-refractivity contribution in [3.05, 3.63) is 48.0 Å². The average Bonchev–Trinajstić information content (AvgIpc) is 2.35. The molecule has 0 aliphatic heterocycles. The van der Waals surface area contributed by atoms with Gasteiger partial charge in [0.05, 0.1) is 0 Å².